The quantitative estimate of drug-likeness (QED) is 0.720. The van der Waals surface area contributed by atoms with Gasteiger partial charge in [-0.1, -0.05) is 11.6 Å². The fraction of sp³-hybridized carbons (Fsp3) is 0.125. The fourth-order valence-corrected chi connectivity index (χ4v) is 1.16. The van der Waals surface area contributed by atoms with E-state index in [1.54, 1.807) is 18.3 Å². The van der Waals surface area contributed by atoms with Crippen molar-refractivity contribution in [2.24, 2.45) is 0 Å². The Bertz CT molecular complexity index is 488. The molecule has 0 aliphatic carbocycles. The molecule has 0 aliphatic rings. The van der Waals surface area contributed by atoms with E-state index in [0.29, 0.717) is 17.5 Å². The number of anilines is 1. The molecule has 0 amide bonds. The zero-order chi connectivity index (χ0) is 10.7. The topological polar surface area (TPSA) is 86.5 Å². The molecular weight excluding hydrogens is 218 g/mol. The zero-order valence-electron chi connectivity index (χ0n) is 7.62. The van der Waals surface area contributed by atoms with Crippen LogP contribution >= 0.6 is 11.6 Å². The lowest BCUT2D eigenvalue weighted by atomic mass is 10.4. The molecule has 7 heteroatoms. The van der Waals surface area contributed by atoms with Crippen molar-refractivity contribution in [3.05, 3.63) is 39.7 Å². The number of nitrogens with zero attached hydrogens (tertiary/aromatic N) is 2. The summed E-state index contributed by atoms with van der Waals surface area (Å²) in [5, 5.41) is 10.8. The molecule has 0 bridgehead atoms. The van der Waals surface area contributed by atoms with E-state index in [9.17, 15) is 4.79 Å². The van der Waals surface area contributed by atoms with Crippen molar-refractivity contribution in [3.63, 3.8) is 0 Å². The fourth-order valence-electron chi connectivity index (χ4n) is 1.06. The van der Waals surface area contributed by atoms with Crippen LogP contribution in [0.4, 0.5) is 5.82 Å². The van der Waals surface area contributed by atoms with Gasteiger partial charge in [-0.05, 0) is 12.1 Å². The second kappa shape index (κ2) is 4.14. The number of hydrogen-bond donors (Lipinski definition) is 3. The summed E-state index contributed by atoms with van der Waals surface area (Å²) in [4.78, 5) is 15.9. The van der Waals surface area contributed by atoms with Crippen LogP contribution in [0.25, 0.3) is 0 Å². The van der Waals surface area contributed by atoms with Crippen LogP contribution in [0.1, 0.15) is 5.69 Å². The predicted molar refractivity (Wildman–Crippen MR) is 55.8 cm³/mol. The Kier molecular flexibility index (Phi) is 2.68. The van der Waals surface area contributed by atoms with Crippen LogP contribution in [0.15, 0.2) is 23.1 Å². The molecular formula is C8H8ClN5O. The van der Waals surface area contributed by atoms with Crippen LogP contribution in [0.5, 0.6) is 0 Å². The van der Waals surface area contributed by atoms with E-state index >= 15 is 0 Å². The number of nitrogens with one attached hydrogen (secondary N) is 3. The molecule has 15 heavy (non-hydrogen) atoms. The third-order valence-electron chi connectivity index (χ3n) is 1.74. The average molecular weight is 226 g/mol. The van der Waals surface area contributed by atoms with Gasteiger partial charge in [0.1, 0.15) is 5.82 Å². The molecule has 0 saturated heterocycles. The summed E-state index contributed by atoms with van der Waals surface area (Å²) in [6.07, 6.45) is 1.60. The minimum atomic E-state index is -0.228. The highest BCUT2D eigenvalue weighted by Crippen LogP contribution is 2.06. The molecule has 0 fully saturated rings. The molecule has 0 atom stereocenters. The molecule has 6 nitrogen and oxygen atoms in total. The molecule has 2 heterocycles. The van der Waals surface area contributed by atoms with Crippen LogP contribution < -0.4 is 11.0 Å². The monoisotopic (exact) mass is 225 g/mol. The lowest BCUT2D eigenvalue weighted by Crippen LogP contribution is -2.05. The maximum Gasteiger partial charge on any atom is 0.323 e. The van der Waals surface area contributed by atoms with Gasteiger partial charge in [-0.15, -0.1) is 10.2 Å². The normalized spacial score (nSPS) is 10.2. The van der Waals surface area contributed by atoms with Crippen molar-refractivity contribution in [2.45, 2.75) is 6.54 Å². The number of imidazole rings is 1. The Labute approximate surface area is 89.7 Å². The second-order valence-corrected chi connectivity index (χ2v) is 3.25. The summed E-state index contributed by atoms with van der Waals surface area (Å²) in [5.74, 6) is 0.599. The van der Waals surface area contributed by atoms with Crippen LogP contribution in [0, 0.1) is 0 Å². The van der Waals surface area contributed by atoms with Gasteiger partial charge >= 0.3 is 5.69 Å². The van der Waals surface area contributed by atoms with Crippen LogP contribution in [-0.4, -0.2) is 20.2 Å². The summed E-state index contributed by atoms with van der Waals surface area (Å²) < 4.78 is 0. The highest BCUT2D eigenvalue weighted by Gasteiger charge is 1.97. The maximum absolute atomic E-state index is 10.8. The lowest BCUT2D eigenvalue weighted by molar-refractivity contribution is 0.982. The highest BCUT2D eigenvalue weighted by molar-refractivity contribution is 6.29. The second-order valence-electron chi connectivity index (χ2n) is 2.86. The Morgan fingerprint density at radius 2 is 2.27 bits per heavy atom. The van der Waals surface area contributed by atoms with Gasteiger partial charge in [0, 0.05) is 6.20 Å². The van der Waals surface area contributed by atoms with E-state index in [2.05, 4.69) is 25.5 Å². The van der Waals surface area contributed by atoms with Crippen molar-refractivity contribution in [1.29, 1.82) is 0 Å². The van der Waals surface area contributed by atoms with Gasteiger partial charge in [-0.3, -0.25) is 0 Å². The summed E-state index contributed by atoms with van der Waals surface area (Å²) >= 11 is 5.58. The third kappa shape index (κ3) is 2.57. The molecule has 2 aromatic rings. The first-order chi connectivity index (χ1) is 7.24. The van der Waals surface area contributed by atoms with Gasteiger partial charge in [0.15, 0.2) is 5.15 Å². The first-order valence-corrected chi connectivity index (χ1v) is 4.61. The van der Waals surface area contributed by atoms with E-state index in [-0.39, 0.29) is 5.69 Å². The van der Waals surface area contributed by atoms with Crippen molar-refractivity contribution < 1.29 is 0 Å². The zero-order valence-corrected chi connectivity index (χ0v) is 8.38. The number of H-pyrrole nitrogens is 2. The minimum absolute atomic E-state index is 0.228. The summed E-state index contributed by atoms with van der Waals surface area (Å²) in [6.45, 7) is 0.467. The molecule has 0 radical (unpaired) electrons. The predicted octanol–water partition coefficient (Wildman–Crippen LogP) is 0.758. The van der Waals surface area contributed by atoms with Gasteiger partial charge in [0.2, 0.25) is 0 Å². The van der Waals surface area contributed by atoms with E-state index in [1.165, 1.54) is 0 Å². The van der Waals surface area contributed by atoms with Crippen molar-refractivity contribution >= 4 is 17.4 Å². The number of hydrogen-bond acceptors (Lipinski definition) is 4. The molecule has 0 unspecified atom stereocenters. The summed E-state index contributed by atoms with van der Waals surface area (Å²) in [6, 6.07) is 3.34. The number of aromatic amines is 2. The Morgan fingerprint density at radius 3 is 2.87 bits per heavy atom. The van der Waals surface area contributed by atoms with Crippen molar-refractivity contribution in [3.8, 4) is 0 Å². The lowest BCUT2D eigenvalue weighted by Gasteiger charge is -2.01. The molecule has 3 N–H and O–H groups in total. The maximum atomic E-state index is 10.8. The van der Waals surface area contributed by atoms with Gasteiger partial charge in [0.05, 0.1) is 12.2 Å². The molecule has 0 aromatic carbocycles. The van der Waals surface area contributed by atoms with Crippen LogP contribution in [0.2, 0.25) is 5.15 Å². The number of rotatable bonds is 3. The summed E-state index contributed by atoms with van der Waals surface area (Å²) in [5.41, 5.74) is 0.519. The average Bonchev–Trinajstić information content (AvgIpc) is 2.64. The number of aromatic nitrogens is 4. The molecule has 0 spiro atoms. The summed E-state index contributed by atoms with van der Waals surface area (Å²) in [7, 11) is 0. The highest BCUT2D eigenvalue weighted by atomic mass is 35.5. The Hall–Kier alpha value is -1.82. The molecule has 2 rings (SSSR count). The minimum Gasteiger partial charge on any atom is -0.363 e. The largest absolute Gasteiger partial charge is 0.363 e. The van der Waals surface area contributed by atoms with Gasteiger partial charge in [0.25, 0.3) is 0 Å². The Morgan fingerprint density at radius 1 is 1.40 bits per heavy atom. The first-order valence-electron chi connectivity index (χ1n) is 4.24. The van der Waals surface area contributed by atoms with E-state index in [1.807, 2.05) is 0 Å². The van der Waals surface area contributed by atoms with Crippen LogP contribution in [-0.2, 0) is 6.54 Å². The van der Waals surface area contributed by atoms with E-state index in [0.717, 1.165) is 5.69 Å². The van der Waals surface area contributed by atoms with Gasteiger partial charge in [-0.25, -0.2) is 4.79 Å². The standard InChI is InChI=1S/C8H8ClN5O/c9-6-1-2-7(14-13-6)10-3-5-4-11-8(15)12-5/h1-2,4H,3H2,(H,10,14)(H2,11,12,15). The smallest absolute Gasteiger partial charge is 0.323 e. The van der Waals surface area contributed by atoms with E-state index < -0.39 is 0 Å². The molecule has 0 saturated carbocycles. The SMILES string of the molecule is O=c1[nH]cc(CNc2ccc(Cl)nn2)[nH]1. The van der Waals surface area contributed by atoms with Gasteiger partial charge in [-0.2, -0.15) is 0 Å². The van der Waals surface area contributed by atoms with Crippen molar-refractivity contribution in [1.82, 2.24) is 20.2 Å². The molecule has 0 aliphatic heterocycles. The third-order valence-corrected chi connectivity index (χ3v) is 1.95. The van der Waals surface area contributed by atoms with Gasteiger partial charge < -0.3 is 15.3 Å². The van der Waals surface area contributed by atoms with Crippen molar-refractivity contribution in [2.75, 3.05) is 5.32 Å². The Balaban J connectivity index is 1.99. The van der Waals surface area contributed by atoms with E-state index in [4.69, 9.17) is 11.6 Å². The number of halogens is 1. The first kappa shape index (κ1) is 9.72. The molecule has 2 aromatic heterocycles. The van der Waals surface area contributed by atoms with Crippen LogP contribution in [0.3, 0.4) is 0 Å². The molecule has 78 valence electrons.